The molecule has 0 aliphatic heterocycles. The van der Waals surface area contributed by atoms with Crippen LogP contribution in [0, 0.1) is 6.92 Å². The summed E-state index contributed by atoms with van der Waals surface area (Å²) >= 11 is -2.53. The third kappa shape index (κ3) is 6.08. The lowest BCUT2D eigenvalue weighted by atomic mass is 10.0. The summed E-state index contributed by atoms with van der Waals surface area (Å²) in [5.41, 5.74) is 3.96. The molecule has 2 atom stereocenters. The second kappa shape index (κ2) is 10.3. The Morgan fingerprint density at radius 1 is 1.34 bits per heavy atom. The number of hydrogen-bond donors (Lipinski definition) is 2. The quantitative estimate of drug-likeness (QED) is 0.307. The molecule has 3 aromatic rings. The fourth-order valence-corrected chi connectivity index (χ4v) is 5.36. The number of carbonyl (C=O) groups is 1. The molecule has 188 valence electrons. The van der Waals surface area contributed by atoms with E-state index in [-0.39, 0.29) is 43.2 Å². The first-order valence-corrected chi connectivity index (χ1v) is 14.8. The monoisotopic (exact) mass is 518 g/mol. The zero-order valence-electron chi connectivity index (χ0n) is 19.9. The van der Waals surface area contributed by atoms with Gasteiger partial charge in [0.25, 0.3) is 5.91 Å². The first-order chi connectivity index (χ1) is 16.6. The van der Waals surface area contributed by atoms with E-state index in [2.05, 4.69) is 5.32 Å². The molecule has 35 heavy (non-hydrogen) atoms. The summed E-state index contributed by atoms with van der Waals surface area (Å²) in [6.07, 6.45) is 2.22. The van der Waals surface area contributed by atoms with Crippen molar-refractivity contribution in [2.45, 2.75) is 38.6 Å². The molecule has 0 bridgehead atoms. The summed E-state index contributed by atoms with van der Waals surface area (Å²) in [4.78, 5) is 27.1. The molecule has 1 aliphatic carbocycles. The average molecular weight is 519 g/mol. The van der Waals surface area contributed by atoms with E-state index in [9.17, 15) is 23.0 Å². The molecule has 1 fully saturated rings. The van der Waals surface area contributed by atoms with E-state index in [1.807, 2.05) is 37.3 Å². The molecule has 1 aromatic carbocycles. The smallest absolute Gasteiger partial charge is 0.255 e. The predicted octanol–water partition coefficient (Wildman–Crippen LogP) is 3.93. The number of pyridine rings is 1. The first-order valence-electron chi connectivity index (χ1n) is 11.5. The molecular formula is C24H29N3O6PS-. The van der Waals surface area contributed by atoms with Crippen LogP contribution < -0.4 is 5.32 Å². The number of hydrogen-bond acceptors (Lipinski definition) is 6. The van der Waals surface area contributed by atoms with Crippen molar-refractivity contribution in [3.05, 3.63) is 52.7 Å². The number of aryl methyl sites for hydroxylation is 1. The zero-order valence-corrected chi connectivity index (χ0v) is 21.7. The molecule has 2 aromatic heterocycles. The minimum absolute atomic E-state index is 0.0210. The maximum Gasteiger partial charge on any atom is 0.255 e. The normalized spacial score (nSPS) is 16.4. The van der Waals surface area contributed by atoms with Crippen molar-refractivity contribution in [1.82, 2.24) is 14.6 Å². The number of furan rings is 1. The summed E-state index contributed by atoms with van der Waals surface area (Å²) in [5.74, 6) is 0.370. The molecular weight excluding hydrogens is 489 g/mol. The summed E-state index contributed by atoms with van der Waals surface area (Å²) < 4.78 is 42.7. The molecule has 0 saturated heterocycles. The number of aromatic nitrogens is 1. The van der Waals surface area contributed by atoms with Crippen molar-refractivity contribution in [3.63, 3.8) is 0 Å². The maximum atomic E-state index is 12.9. The zero-order chi connectivity index (χ0) is 25.3. The fraction of sp³-hybridized carbons (Fsp3) is 0.417. The molecule has 1 amide bonds. The number of benzene rings is 1. The van der Waals surface area contributed by atoms with Crippen LogP contribution in [0.1, 0.15) is 52.4 Å². The third-order valence-corrected chi connectivity index (χ3v) is 7.98. The van der Waals surface area contributed by atoms with Crippen LogP contribution in [0.4, 0.5) is 0 Å². The Morgan fingerprint density at radius 3 is 2.60 bits per heavy atom. The Bertz CT molecular complexity index is 1310. The van der Waals surface area contributed by atoms with Crippen LogP contribution in [0.5, 0.6) is 0 Å². The number of rotatable bonds is 10. The molecule has 2 unspecified atom stereocenters. The number of nitrogens with one attached hydrogen (secondary N) is 1. The van der Waals surface area contributed by atoms with Crippen LogP contribution in [0.2, 0.25) is 0 Å². The number of fused-ring (bicyclic) bond motifs is 1. The molecule has 9 nitrogen and oxygen atoms in total. The van der Waals surface area contributed by atoms with Gasteiger partial charge in [0.15, 0.2) is 7.37 Å². The lowest BCUT2D eigenvalue weighted by Crippen LogP contribution is -2.28. The molecule has 0 spiro atoms. The van der Waals surface area contributed by atoms with Crippen molar-refractivity contribution in [2.24, 2.45) is 0 Å². The Labute approximate surface area is 206 Å². The minimum Gasteiger partial charge on any atom is -0.760 e. The van der Waals surface area contributed by atoms with Crippen LogP contribution in [-0.2, 0) is 22.4 Å². The summed E-state index contributed by atoms with van der Waals surface area (Å²) in [6, 6.07) is 9.55. The Morgan fingerprint density at radius 2 is 2.03 bits per heavy atom. The highest BCUT2D eigenvalue weighted by atomic mass is 32.2. The van der Waals surface area contributed by atoms with Gasteiger partial charge in [-0.1, -0.05) is 29.8 Å². The highest BCUT2D eigenvalue weighted by Crippen LogP contribution is 2.44. The van der Waals surface area contributed by atoms with Gasteiger partial charge in [-0.05, 0) is 43.7 Å². The van der Waals surface area contributed by atoms with Crippen molar-refractivity contribution < 1.29 is 27.4 Å². The molecule has 4 rings (SSSR count). The highest BCUT2D eigenvalue weighted by Gasteiger charge is 2.31. The van der Waals surface area contributed by atoms with E-state index in [0.717, 1.165) is 29.5 Å². The van der Waals surface area contributed by atoms with E-state index in [1.54, 1.807) is 7.05 Å². The van der Waals surface area contributed by atoms with E-state index in [4.69, 9.17) is 9.40 Å². The van der Waals surface area contributed by atoms with Gasteiger partial charge in [0, 0.05) is 43.2 Å². The van der Waals surface area contributed by atoms with Gasteiger partial charge in [-0.3, -0.25) is 13.6 Å². The maximum absolute atomic E-state index is 12.9. The van der Waals surface area contributed by atoms with Crippen molar-refractivity contribution in [3.8, 4) is 11.3 Å². The van der Waals surface area contributed by atoms with Gasteiger partial charge >= 0.3 is 0 Å². The van der Waals surface area contributed by atoms with Crippen molar-refractivity contribution in [2.75, 3.05) is 26.4 Å². The van der Waals surface area contributed by atoms with Crippen LogP contribution in [0.15, 0.2) is 34.7 Å². The molecule has 0 radical (unpaired) electrons. The first kappa shape index (κ1) is 25.7. The van der Waals surface area contributed by atoms with Crippen LogP contribution in [-0.4, -0.2) is 55.3 Å². The highest BCUT2D eigenvalue weighted by molar-refractivity contribution is 7.76. The van der Waals surface area contributed by atoms with Crippen molar-refractivity contribution >= 4 is 35.6 Å². The summed E-state index contributed by atoms with van der Waals surface area (Å²) in [5, 5.41) is 3.27. The number of carbonyl (C=O) groups excluding carboxylic acids is 1. The van der Waals surface area contributed by atoms with Gasteiger partial charge in [-0.15, -0.1) is 0 Å². The van der Waals surface area contributed by atoms with Crippen LogP contribution in [0.3, 0.4) is 0 Å². The van der Waals surface area contributed by atoms with E-state index in [0.29, 0.717) is 22.4 Å². The predicted molar refractivity (Wildman–Crippen MR) is 134 cm³/mol. The van der Waals surface area contributed by atoms with Crippen LogP contribution >= 0.6 is 7.37 Å². The molecule has 2 heterocycles. The Hall–Kier alpha value is -2.36. The topological polar surface area (TPSA) is 136 Å². The Kier molecular flexibility index (Phi) is 7.59. The van der Waals surface area contributed by atoms with E-state index in [1.165, 1.54) is 11.0 Å². The van der Waals surface area contributed by atoms with Crippen LogP contribution in [0.25, 0.3) is 22.4 Å². The summed E-state index contributed by atoms with van der Waals surface area (Å²) in [7, 11) is -1.66. The van der Waals surface area contributed by atoms with Gasteiger partial charge in [0.05, 0.1) is 23.2 Å². The fourth-order valence-electron chi connectivity index (χ4n) is 4.12. The van der Waals surface area contributed by atoms with Gasteiger partial charge in [-0.25, -0.2) is 9.29 Å². The number of nitrogens with zero attached hydrogens (tertiary/aromatic N) is 2. The average Bonchev–Trinajstić information content (AvgIpc) is 3.57. The molecule has 1 saturated carbocycles. The second-order valence-corrected chi connectivity index (χ2v) is 12.6. The van der Waals surface area contributed by atoms with Gasteiger partial charge in [0.1, 0.15) is 5.76 Å². The van der Waals surface area contributed by atoms with Crippen molar-refractivity contribution in [1.29, 1.82) is 0 Å². The number of amides is 1. The van der Waals surface area contributed by atoms with E-state index >= 15 is 0 Å². The third-order valence-electron chi connectivity index (χ3n) is 6.10. The molecule has 2 N–H and O–H groups in total. The van der Waals surface area contributed by atoms with Gasteiger partial charge < -0.3 is 19.2 Å². The standard InChI is InChI=1S/C24H30N3O6PS/c1-15-5-7-17(8-6-15)22-21(23(28)25-2)19-13-18(16-9-10-16)20(26-24(19)33-22)14-27(35(31)32)11-4-12-34(3,29)30/h5-8,13,16H,4,9-12,14H2,1-3H3,(H,25,28)(H,29,30)(H,31,32)/p-1. The molecule has 1 aliphatic rings. The lowest BCUT2D eigenvalue weighted by molar-refractivity contribution is 0.0964. The van der Waals surface area contributed by atoms with E-state index < -0.39 is 18.6 Å². The Balaban J connectivity index is 1.76. The largest absolute Gasteiger partial charge is 0.760 e. The van der Waals surface area contributed by atoms with Gasteiger partial charge in [0.2, 0.25) is 5.71 Å². The van der Waals surface area contributed by atoms with Gasteiger partial charge in [-0.2, -0.15) is 0 Å². The lowest BCUT2D eigenvalue weighted by Gasteiger charge is -2.25. The molecule has 11 heteroatoms. The second-order valence-electron chi connectivity index (χ2n) is 9.11. The SMILES string of the molecule is CNC(=O)c1c(-c2ccc(C)cc2)oc2nc(CN(CCCP(C)(=O)O)S(=O)[O-])c(C3CC3)cc12. The summed E-state index contributed by atoms with van der Waals surface area (Å²) in [6.45, 7) is 3.37. The minimum atomic E-state index is -3.23.